The molecule has 5 nitrogen and oxygen atoms in total. The molecule has 6 heteroatoms. The Bertz CT molecular complexity index is 332. The Hall–Kier alpha value is -0.170. The van der Waals surface area contributed by atoms with Crippen molar-refractivity contribution >= 4 is 10.0 Å². The summed E-state index contributed by atoms with van der Waals surface area (Å²) in [5.41, 5.74) is 0. The lowest BCUT2D eigenvalue weighted by Gasteiger charge is -2.19. The topological polar surface area (TPSA) is 58.6 Å². The summed E-state index contributed by atoms with van der Waals surface area (Å²) in [5, 5.41) is 3.30. The summed E-state index contributed by atoms with van der Waals surface area (Å²) in [5.74, 6) is 1.11. The third kappa shape index (κ3) is 2.40. The van der Waals surface area contributed by atoms with E-state index in [1.54, 1.807) is 18.3 Å². The van der Waals surface area contributed by atoms with Gasteiger partial charge in [-0.1, -0.05) is 0 Å². The lowest BCUT2D eigenvalue weighted by atomic mass is 10.0. The molecule has 2 aliphatic heterocycles. The number of ether oxygens (including phenoxy) is 1. The second-order valence-electron chi connectivity index (χ2n) is 4.82. The third-order valence-electron chi connectivity index (χ3n) is 3.60. The minimum Gasteiger partial charge on any atom is -0.381 e. The predicted octanol–water partition coefficient (Wildman–Crippen LogP) is -0.498. The number of methoxy groups -OCH3 is 1. The predicted molar refractivity (Wildman–Crippen MR) is 61.7 cm³/mol. The van der Waals surface area contributed by atoms with Crippen LogP contribution in [0.5, 0.6) is 0 Å². The highest BCUT2D eigenvalue weighted by Gasteiger charge is 2.41. The van der Waals surface area contributed by atoms with Gasteiger partial charge in [0.15, 0.2) is 0 Å². The molecule has 0 saturated carbocycles. The zero-order valence-electron chi connectivity index (χ0n) is 9.85. The van der Waals surface area contributed by atoms with Gasteiger partial charge < -0.3 is 10.1 Å². The molecular formula is C10H20N2O3S. The van der Waals surface area contributed by atoms with Crippen LogP contribution in [0.1, 0.15) is 6.92 Å². The van der Waals surface area contributed by atoms with Gasteiger partial charge in [0.1, 0.15) is 0 Å². The number of hydrogen-bond donors (Lipinski definition) is 1. The molecule has 0 radical (unpaired) electrons. The number of hydrogen-bond acceptors (Lipinski definition) is 4. The smallest absolute Gasteiger partial charge is 0.216 e. The van der Waals surface area contributed by atoms with Crippen LogP contribution in [0.2, 0.25) is 0 Å². The molecule has 0 aromatic rings. The standard InChI is InChI=1S/C10H20N2O3S/c1-8(15-2)7-16(13,14)12-5-9-3-11-4-10(9)6-12/h8-11H,3-7H2,1-2H3/t8?,9-,10+. The van der Waals surface area contributed by atoms with E-state index >= 15 is 0 Å². The van der Waals surface area contributed by atoms with Crippen LogP contribution in [-0.2, 0) is 14.8 Å². The largest absolute Gasteiger partial charge is 0.381 e. The van der Waals surface area contributed by atoms with Crippen molar-refractivity contribution in [3.8, 4) is 0 Å². The summed E-state index contributed by atoms with van der Waals surface area (Å²) in [7, 11) is -1.59. The van der Waals surface area contributed by atoms with E-state index in [9.17, 15) is 8.42 Å². The van der Waals surface area contributed by atoms with Crippen molar-refractivity contribution in [2.24, 2.45) is 11.8 Å². The quantitative estimate of drug-likeness (QED) is 0.729. The summed E-state index contributed by atoms with van der Waals surface area (Å²) < 4.78 is 30.8. The normalized spacial score (nSPS) is 32.9. The van der Waals surface area contributed by atoms with Crippen molar-refractivity contribution in [1.29, 1.82) is 0 Å². The molecule has 2 heterocycles. The monoisotopic (exact) mass is 248 g/mol. The van der Waals surface area contributed by atoms with Crippen LogP contribution in [0.3, 0.4) is 0 Å². The van der Waals surface area contributed by atoms with E-state index in [0.29, 0.717) is 24.9 Å². The summed E-state index contributed by atoms with van der Waals surface area (Å²) in [6.45, 7) is 5.05. The molecule has 3 atom stereocenters. The fourth-order valence-corrected chi connectivity index (χ4v) is 4.29. The molecule has 0 aliphatic carbocycles. The van der Waals surface area contributed by atoms with Crippen molar-refractivity contribution in [3.63, 3.8) is 0 Å². The first-order chi connectivity index (χ1) is 7.53. The molecule has 0 aromatic carbocycles. The number of rotatable bonds is 4. The maximum Gasteiger partial charge on any atom is 0.216 e. The lowest BCUT2D eigenvalue weighted by molar-refractivity contribution is 0.135. The maximum absolute atomic E-state index is 12.1. The van der Waals surface area contributed by atoms with Gasteiger partial charge in [-0.05, 0) is 31.8 Å². The molecule has 2 fully saturated rings. The molecule has 2 rings (SSSR count). The number of nitrogens with zero attached hydrogens (tertiary/aromatic N) is 1. The molecular weight excluding hydrogens is 228 g/mol. The van der Waals surface area contributed by atoms with Gasteiger partial charge in [0.05, 0.1) is 11.9 Å². The van der Waals surface area contributed by atoms with Crippen LogP contribution < -0.4 is 5.32 Å². The van der Waals surface area contributed by atoms with Crippen LogP contribution in [0.25, 0.3) is 0 Å². The number of sulfonamides is 1. The molecule has 2 aliphatic rings. The highest BCUT2D eigenvalue weighted by atomic mass is 32.2. The Morgan fingerprint density at radius 1 is 1.38 bits per heavy atom. The van der Waals surface area contributed by atoms with Gasteiger partial charge in [-0.15, -0.1) is 0 Å². The zero-order valence-corrected chi connectivity index (χ0v) is 10.7. The molecule has 0 spiro atoms. The summed E-state index contributed by atoms with van der Waals surface area (Å²) >= 11 is 0. The maximum atomic E-state index is 12.1. The van der Waals surface area contributed by atoms with Crippen LogP contribution in [-0.4, -0.2) is 57.9 Å². The molecule has 2 saturated heterocycles. The Balaban J connectivity index is 1.98. The van der Waals surface area contributed by atoms with Crippen LogP contribution >= 0.6 is 0 Å². The molecule has 0 aromatic heterocycles. The zero-order chi connectivity index (χ0) is 11.8. The van der Waals surface area contributed by atoms with E-state index < -0.39 is 10.0 Å². The fraction of sp³-hybridized carbons (Fsp3) is 1.00. The van der Waals surface area contributed by atoms with Crippen LogP contribution in [0.15, 0.2) is 0 Å². The Morgan fingerprint density at radius 3 is 2.44 bits per heavy atom. The fourth-order valence-electron chi connectivity index (χ4n) is 2.51. The molecule has 16 heavy (non-hydrogen) atoms. The molecule has 1 N–H and O–H groups in total. The van der Waals surface area contributed by atoms with E-state index in [4.69, 9.17) is 4.74 Å². The van der Waals surface area contributed by atoms with E-state index in [2.05, 4.69) is 5.32 Å². The molecule has 0 amide bonds. The van der Waals surface area contributed by atoms with Gasteiger partial charge in [0.25, 0.3) is 0 Å². The highest BCUT2D eigenvalue weighted by molar-refractivity contribution is 7.89. The first kappa shape index (κ1) is 12.3. The molecule has 1 unspecified atom stereocenters. The van der Waals surface area contributed by atoms with Gasteiger partial charge >= 0.3 is 0 Å². The Kier molecular flexibility index (Phi) is 3.53. The highest BCUT2D eigenvalue weighted by Crippen LogP contribution is 2.28. The average Bonchev–Trinajstić information content (AvgIpc) is 2.75. The first-order valence-corrected chi connectivity index (χ1v) is 7.35. The first-order valence-electron chi connectivity index (χ1n) is 5.74. The molecule has 0 bridgehead atoms. The van der Waals surface area contributed by atoms with Crippen molar-refractivity contribution in [1.82, 2.24) is 9.62 Å². The van der Waals surface area contributed by atoms with Crippen LogP contribution in [0, 0.1) is 11.8 Å². The minimum absolute atomic E-state index is 0.0936. The summed E-state index contributed by atoms with van der Waals surface area (Å²) in [4.78, 5) is 0. The average molecular weight is 248 g/mol. The SMILES string of the molecule is COC(C)CS(=O)(=O)N1C[C@H]2CNC[C@H]2C1. The van der Waals surface area contributed by atoms with Gasteiger partial charge in [-0.3, -0.25) is 0 Å². The van der Waals surface area contributed by atoms with Crippen LogP contribution in [0.4, 0.5) is 0 Å². The van der Waals surface area contributed by atoms with Crippen molar-refractivity contribution in [2.45, 2.75) is 13.0 Å². The Labute approximate surface area is 97.2 Å². The minimum atomic E-state index is -3.13. The van der Waals surface area contributed by atoms with Gasteiger partial charge in [-0.25, -0.2) is 12.7 Å². The van der Waals surface area contributed by atoms with E-state index in [1.165, 1.54) is 0 Å². The van der Waals surface area contributed by atoms with Crippen molar-refractivity contribution in [2.75, 3.05) is 39.0 Å². The number of fused-ring (bicyclic) bond motifs is 1. The second-order valence-corrected chi connectivity index (χ2v) is 6.83. The second kappa shape index (κ2) is 4.60. The van der Waals surface area contributed by atoms with Gasteiger partial charge in [0.2, 0.25) is 10.0 Å². The Morgan fingerprint density at radius 2 is 1.94 bits per heavy atom. The third-order valence-corrected chi connectivity index (χ3v) is 5.57. The lowest BCUT2D eigenvalue weighted by Crippen LogP contribution is -2.36. The summed E-state index contributed by atoms with van der Waals surface area (Å²) in [6.07, 6.45) is -0.233. The van der Waals surface area contributed by atoms with Crippen molar-refractivity contribution in [3.05, 3.63) is 0 Å². The van der Waals surface area contributed by atoms with E-state index in [1.807, 2.05) is 0 Å². The summed E-state index contributed by atoms with van der Waals surface area (Å²) in [6, 6.07) is 0. The van der Waals surface area contributed by atoms with Gasteiger partial charge in [-0.2, -0.15) is 0 Å². The van der Waals surface area contributed by atoms with Crippen molar-refractivity contribution < 1.29 is 13.2 Å². The van der Waals surface area contributed by atoms with E-state index in [0.717, 1.165) is 13.1 Å². The number of nitrogens with one attached hydrogen (secondary N) is 1. The van der Waals surface area contributed by atoms with Gasteiger partial charge in [0, 0.05) is 20.2 Å². The molecule has 94 valence electrons. The van der Waals surface area contributed by atoms with E-state index in [-0.39, 0.29) is 11.9 Å².